The number of amides is 2. The smallest absolute Gasteiger partial charge is 0.332 e. The number of nitrogens with one attached hydrogen (secondary N) is 1. The molecule has 9 nitrogen and oxygen atoms in total. The van der Waals surface area contributed by atoms with Crippen LogP contribution in [-0.2, 0) is 23.2 Å². The van der Waals surface area contributed by atoms with Gasteiger partial charge in [-0.3, -0.25) is 23.5 Å². The predicted octanol–water partition coefficient (Wildman–Crippen LogP) is 3.04. The number of carbonyl (C=O) groups excluding carboxylic acids is 2. The molecule has 2 aromatic heterocycles. The molecular formula is C28H27N5O4S. The molecule has 0 saturated carbocycles. The summed E-state index contributed by atoms with van der Waals surface area (Å²) in [5, 5.41) is 3.83. The Morgan fingerprint density at radius 3 is 2.47 bits per heavy atom. The highest BCUT2D eigenvalue weighted by Gasteiger charge is 2.39. The quantitative estimate of drug-likeness (QED) is 0.428. The molecule has 2 amide bonds. The summed E-state index contributed by atoms with van der Waals surface area (Å²) in [6, 6.07) is 17.4. The van der Waals surface area contributed by atoms with E-state index in [1.54, 1.807) is 16.2 Å². The van der Waals surface area contributed by atoms with E-state index in [0.29, 0.717) is 19.0 Å². The van der Waals surface area contributed by atoms with Crippen LogP contribution in [0.4, 0.5) is 5.82 Å². The lowest BCUT2D eigenvalue weighted by Crippen LogP contribution is -2.41. The maximum Gasteiger partial charge on any atom is 0.332 e. The minimum atomic E-state index is -0.930. The minimum Gasteiger partial charge on any atom is -0.343 e. The van der Waals surface area contributed by atoms with Crippen molar-refractivity contribution in [3.63, 3.8) is 0 Å². The molecule has 194 valence electrons. The van der Waals surface area contributed by atoms with E-state index in [1.165, 1.54) is 16.3 Å². The van der Waals surface area contributed by atoms with Gasteiger partial charge in [-0.1, -0.05) is 42.5 Å². The van der Waals surface area contributed by atoms with Crippen LogP contribution < -0.4 is 16.6 Å². The number of hydrogen-bond acceptors (Lipinski definition) is 6. The Bertz CT molecular complexity index is 1630. The van der Waals surface area contributed by atoms with Gasteiger partial charge in [0.05, 0.1) is 33.3 Å². The van der Waals surface area contributed by atoms with E-state index in [0.717, 1.165) is 33.5 Å². The third kappa shape index (κ3) is 4.24. The molecule has 6 rings (SSSR count). The monoisotopic (exact) mass is 529 g/mol. The second-order valence-corrected chi connectivity index (χ2v) is 11.0. The van der Waals surface area contributed by atoms with Crippen molar-refractivity contribution in [2.75, 3.05) is 18.4 Å². The van der Waals surface area contributed by atoms with Gasteiger partial charge in [-0.15, -0.1) is 11.3 Å². The maximum absolute atomic E-state index is 13.3. The Morgan fingerprint density at radius 2 is 1.74 bits per heavy atom. The Morgan fingerprint density at radius 1 is 1.03 bits per heavy atom. The molecule has 2 aromatic carbocycles. The van der Waals surface area contributed by atoms with Crippen molar-refractivity contribution in [1.82, 2.24) is 19.0 Å². The van der Waals surface area contributed by atoms with Gasteiger partial charge in [-0.25, -0.2) is 9.78 Å². The average molecular weight is 530 g/mol. The first-order valence-corrected chi connectivity index (χ1v) is 13.5. The fourth-order valence-corrected chi connectivity index (χ4v) is 6.56. The maximum atomic E-state index is 13.3. The number of carbonyl (C=O) groups is 2. The van der Waals surface area contributed by atoms with Crippen molar-refractivity contribution < 1.29 is 9.59 Å². The van der Waals surface area contributed by atoms with Gasteiger partial charge in [0.15, 0.2) is 0 Å². The van der Waals surface area contributed by atoms with Crippen molar-refractivity contribution in [3.05, 3.63) is 91.6 Å². The van der Waals surface area contributed by atoms with Gasteiger partial charge < -0.3 is 10.2 Å². The third-order valence-electron chi connectivity index (χ3n) is 7.55. The van der Waals surface area contributed by atoms with Crippen molar-refractivity contribution in [2.45, 2.75) is 37.6 Å². The molecule has 1 N–H and O–H groups in total. The summed E-state index contributed by atoms with van der Waals surface area (Å²) in [6.07, 6.45) is 1.50. The van der Waals surface area contributed by atoms with Crippen molar-refractivity contribution >= 4 is 39.2 Å². The molecule has 38 heavy (non-hydrogen) atoms. The van der Waals surface area contributed by atoms with Crippen LogP contribution in [-0.4, -0.2) is 43.9 Å². The number of aromatic nitrogens is 3. The summed E-state index contributed by atoms with van der Waals surface area (Å²) in [5.41, 5.74) is 0.997. The van der Waals surface area contributed by atoms with Crippen molar-refractivity contribution in [1.29, 1.82) is 0 Å². The Hall–Kier alpha value is -4.05. The number of thiazole rings is 1. The van der Waals surface area contributed by atoms with Crippen LogP contribution in [0.1, 0.15) is 47.2 Å². The number of anilines is 1. The summed E-state index contributed by atoms with van der Waals surface area (Å²) in [4.78, 5) is 58.9. The molecular weight excluding hydrogens is 502 g/mol. The van der Waals surface area contributed by atoms with Crippen LogP contribution >= 0.6 is 11.3 Å². The molecule has 1 unspecified atom stereocenters. The van der Waals surface area contributed by atoms with Gasteiger partial charge in [0.25, 0.3) is 5.56 Å². The summed E-state index contributed by atoms with van der Waals surface area (Å²) in [6.45, 7) is 1.36. The fraction of sp³-hybridized carbons (Fsp3) is 0.321. The lowest BCUT2D eigenvalue weighted by molar-refractivity contribution is -0.134. The van der Waals surface area contributed by atoms with Gasteiger partial charge in [0.2, 0.25) is 11.8 Å². The Balaban J connectivity index is 1.20. The highest BCUT2D eigenvalue weighted by atomic mass is 32.1. The van der Waals surface area contributed by atoms with Gasteiger partial charge in [-0.05, 0) is 30.5 Å². The zero-order chi connectivity index (χ0) is 26.4. The van der Waals surface area contributed by atoms with Crippen molar-refractivity contribution in [2.24, 2.45) is 7.05 Å². The topological polar surface area (TPSA) is 106 Å². The molecule has 0 aliphatic carbocycles. The van der Waals surface area contributed by atoms with E-state index >= 15 is 0 Å². The second kappa shape index (κ2) is 9.68. The first-order chi connectivity index (χ1) is 18.4. The molecule has 0 spiro atoms. The Labute approximate surface area is 222 Å². The molecule has 2 aliphatic rings. The summed E-state index contributed by atoms with van der Waals surface area (Å²) >= 11 is 1.71. The number of nitrogens with zero attached hydrogens (tertiary/aromatic N) is 4. The zero-order valence-corrected chi connectivity index (χ0v) is 21.7. The molecule has 2 aliphatic heterocycles. The fourth-order valence-electron chi connectivity index (χ4n) is 5.43. The number of likely N-dealkylation sites (tertiary alicyclic amines) is 1. The molecule has 0 bridgehead atoms. The average Bonchev–Trinajstić information content (AvgIpc) is 3.52. The van der Waals surface area contributed by atoms with Crippen molar-refractivity contribution in [3.8, 4) is 0 Å². The summed E-state index contributed by atoms with van der Waals surface area (Å²) < 4.78 is 3.58. The second-order valence-electron chi connectivity index (χ2n) is 9.90. The number of benzene rings is 2. The van der Waals surface area contributed by atoms with Gasteiger partial charge in [0, 0.05) is 32.5 Å². The van der Waals surface area contributed by atoms with E-state index < -0.39 is 23.1 Å². The SMILES string of the molecule is Cn1c(=O)c2c(n(Cc3ccccc3)c1=O)NC(=O)C2CC(=O)N1CCC(c2nc3ccccc3s2)CC1. The highest BCUT2D eigenvalue weighted by Crippen LogP contribution is 2.36. The highest BCUT2D eigenvalue weighted by molar-refractivity contribution is 7.18. The first-order valence-electron chi connectivity index (χ1n) is 12.7. The third-order valence-corrected chi connectivity index (χ3v) is 8.75. The van der Waals surface area contributed by atoms with Gasteiger partial charge in [0.1, 0.15) is 5.82 Å². The lowest BCUT2D eigenvalue weighted by Gasteiger charge is -2.31. The van der Waals surface area contributed by atoms with Crippen LogP contribution in [0.25, 0.3) is 10.2 Å². The lowest BCUT2D eigenvalue weighted by atomic mass is 9.95. The minimum absolute atomic E-state index is 0.108. The van der Waals surface area contributed by atoms with E-state index in [4.69, 9.17) is 4.98 Å². The number of piperidine rings is 1. The normalized spacial score (nSPS) is 17.6. The summed E-state index contributed by atoms with van der Waals surface area (Å²) in [5.74, 6) is -1.03. The Kier molecular flexibility index (Phi) is 6.19. The number of hydrogen-bond donors (Lipinski definition) is 1. The summed E-state index contributed by atoms with van der Waals surface area (Å²) in [7, 11) is 1.40. The van der Waals surface area contributed by atoms with E-state index in [2.05, 4.69) is 11.4 Å². The van der Waals surface area contributed by atoms with Crippen LogP contribution in [0.5, 0.6) is 0 Å². The predicted molar refractivity (Wildman–Crippen MR) is 146 cm³/mol. The van der Waals surface area contributed by atoms with Crippen LogP contribution in [0, 0.1) is 0 Å². The van der Waals surface area contributed by atoms with E-state index in [1.807, 2.05) is 48.5 Å². The standard InChI is InChI=1S/C28H27N5O4S/c1-31-27(36)23-19(25(35)30-24(23)33(28(31)37)16-17-7-3-2-4-8-17)15-22(34)32-13-11-18(12-14-32)26-29-20-9-5-6-10-21(20)38-26/h2-10,18-19H,11-16H2,1H3,(H,30,35). The zero-order valence-electron chi connectivity index (χ0n) is 20.9. The first kappa shape index (κ1) is 24.3. The molecule has 4 aromatic rings. The molecule has 10 heteroatoms. The van der Waals surface area contributed by atoms with E-state index in [9.17, 15) is 19.2 Å². The molecule has 0 radical (unpaired) electrons. The molecule has 4 heterocycles. The number of rotatable bonds is 5. The van der Waals surface area contributed by atoms with Crippen LogP contribution in [0.3, 0.4) is 0 Å². The van der Waals surface area contributed by atoms with Crippen LogP contribution in [0.2, 0.25) is 0 Å². The number of fused-ring (bicyclic) bond motifs is 2. The van der Waals surface area contributed by atoms with Gasteiger partial charge >= 0.3 is 5.69 Å². The van der Waals surface area contributed by atoms with E-state index in [-0.39, 0.29) is 30.3 Å². The van der Waals surface area contributed by atoms with Gasteiger partial charge in [-0.2, -0.15) is 0 Å². The molecule has 1 atom stereocenters. The largest absolute Gasteiger partial charge is 0.343 e. The molecule has 1 saturated heterocycles. The van der Waals surface area contributed by atoms with Crippen LogP contribution in [0.15, 0.2) is 64.2 Å². The molecule has 1 fully saturated rings. The number of para-hydroxylation sites is 1.